The molecule has 1 aromatic carbocycles. The molecule has 1 heterocycles. The molecule has 0 aromatic heterocycles. The monoisotopic (exact) mass is 354 g/mol. The fourth-order valence-electron chi connectivity index (χ4n) is 2.86. The van der Waals surface area contributed by atoms with Gasteiger partial charge in [0, 0.05) is 25.6 Å². The van der Waals surface area contributed by atoms with Gasteiger partial charge in [0.1, 0.15) is 5.75 Å². The summed E-state index contributed by atoms with van der Waals surface area (Å²) in [6.45, 7) is 8.71. The number of carbonyl (C=O) groups excluding carboxylic acids is 1. The highest BCUT2D eigenvalue weighted by Gasteiger charge is 2.20. The van der Waals surface area contributed by atoms with E-state index in [2.05, 4.69) is 32.9 Å². The first-order valence-electron chi connectivity index (χ1n) is 8.63. The molecule has 0 bridgehead atoms. The van der Waals surface area contributed by atoms with Gasteiger partial charge in [-0.1, -0.05) is 32.9 Å². The Morgan fingerprint density at radius 2 is 1.96 bits per heavy atom. The van der Waals surface area contributed by atoms with Gasteiger partial charge < -0.3 is 15.4 Å². The molecule has 1 atom stereocenters. The number of ether oxygens (including phenoxy) is 1. The maximum atomic E-state index is 12.1. The molecule has 2 N–H and O–H groups in total. The fourth-order valence-corrected chi connectivity index (χ4v) is 2.86. The van der Waals surface area contributed by atoms with Gasteiger partial charge in [0.05, 0.1) is 6.61 Å². The minimum atomic E-state index is 0. The molecule has 136 valence electrons. The third-order valence-electron chi connectivity index (χ3n) is 4.33. The molecule has 1 aliphatic rings. The summed E-state index contributed by atoms with van der Waals surface area (Å²) >= 11 is 0. The van der Waals surface area contributed by atoms with E-state index in [0.29, 0.717) is 19.6 Å². The van der Waals surface area contributed by atoms with Crippen LogP contribution in [0.1, 0.15) is 52.0 Å². The van der Waals surface area contributed by atoms with E-state index in [9.17, 15) is 4.79 Å². The second-order valence-electron chi connectivity index (χ2n) is 7.47. The van der Waals surface area contributed by atoms with Crippen LogP contribution in [-0.2, 0) is 10.2 Å². The van der Waals surface area contributed by atoms with Crippen LogP contribution < -0.4 is 10.5 Å². The van der Waals surface area contributed by atoms with Crippen molar-refractivity contribution in [2.24, 2.45) is 5.73 Å². The zero-order chi connectivity index (χ0) is 16.9. The van der Waals surface area contributed by atoms with Crippen molar-refractivity contribution in [2.75, 3.05) is 19.7 Å². The molecule has 1 amide bonds. The highest BCUT2D eigenvalue weighted by molar-refractivity contribution is 5.85. The smallest absolute Gasteiger partial charge is 0.222 e. The van der Waals surface area contributed by atoms with Crippen LogP contribution in [0.5, 0.6) is 5.75 Å². The van der Waals surface area contributed by atoms with E-state index in [0.717, 1.165) is 31.6 Å². The Balaban J connectivity index is 0.00000288. The third kappa shape index (κ3) is 6.33. The molecular formula is C19H31ClN2O2. The average Bonchev–Trinajstić information content (AvgIpc) is 2.51. The summed E-state index contributed by atoms with van der Waals surface area (Å²) in [5.74, 6) is 1.07. The standard InChI is InChI=1S/C19H30N2O2.ClH/c1-19(2,3)15-8-10-17(11-9-15)23-13-5-7-18(22)21-12-4-6-16(20)14-21;/h8-11,16H,4-7,12-14,20H2,1-3H3;1H. The first-order chi connectivity index (χ1) is 10.9. The second kappa shape index (κ2) is 9.28. The second-order valence-corrected chi connectivity index (χ2v) is 7.47. The van der Waals surface area contributed by atoms with Crippen molar-refractivity contribution in [1.29, 1.82) is 0 Å². The number of likely N-dealkylation sites (tertiary alicyclic amines) is 1. The molecule has 0 saturated carbocycles. The largest absolute Gasteiger partial charge is 0.494 e. The van der Waals surface area contributed by atoms with E-state index in [1.807, 2.05) is 17.0 Å². The van der Waals surface area contributed by atoms with Gasteiger partial charge >= 0.3 is 0 Å². The predicted octanol–water partition coefficient (Wildman–Crippen LogP) is 3.51. The zero-order valence-electron chi connectivity index (χ0n) is 15.1. The molecule has 1 aliphatic heterocycles. The lowest BCUT2D eigenvalue weighted by atomic mass is 9.87. The van der Waals surface area contributed by atoms with Crippen LogP contribution in [0.2, 0.25) is 0 Å². The lowest BCUT2D eigenvalue weighted by Crippen LogP contribution is -2.45. The van der Waals surface area contributed by atoms with Gasteiger partial charge in [0.25, 0.3) is 0 Å². The number of carbonyl (C=O) groups is 1. The van der Waals surface area contributed by atoms with Crippen molar-refractivity contribution < 1.29 is 9.53 Å². The molecule has 4 nitrogen and oxygen atoms in total. The van der Waals surface area contributed by atoms with Crippen LogP contribution in [0.25, 0.3) is 0 Å². The first kappa shape index (κ1) is 20.8. The van der Waals surface area contributed by atoms with Crippen LogP contribution in [0.3, 0.4) is 0 Å². The topological polar surface area (TPSA) is 55.6 Å². The molecule has 2 rings (SSSR count). The van der Waals surface area contributed by atoms with E-state index in [1.165, 1.54) is 5.56 Å². The number of halogens is 1. The Bertz CT molecular complexity index is 511. The molecule has 1 saturated heterocycles. The predicted molar refractivity (Wildman–Crippen MR) is 101 cm³/mol. The Morgan fingerprint density at radius 1 is 1.29 bits per heavy atom. The van der Waals surface area contributed by atoms with Crippen molar-refractivity contribution in [3.8, 4) is 5.75 Å². The molecular weight excluding hydrogens is 324 g/mol. The number of hydrogen-bond donors (Lipinski definition) is 1. The maximum Gasteiger partial charge on any atom is 0.222 e. The van der Waals surface area contributed by atoms with Crippen molar-refractivity contribution in [3.05, 3.63) is 29.8 Å². The summed E-state index contributed by atoms with van der Waals surface area (Å²) in [4.78, 5) is 14.0. The molecule has 0 spiro atoms. The van der Waals surface area contributed by atoms with E-state index in [1.54, 1.807) is 0 Å². The minimum Gasteiger partial charge on any atom is -0.494 e. The number of nitrogens with zero attached hydrogens (tertiary/aromatic N) is 1. The number of amides is 1. The van der Waals surface area contributed by atoms with Gasteiger partial charge in [0.2, 0.25) is 5.91 Å². The van der Waals surface area contributed by atoms with Crippen LogP contribution >= 0.6 is 12.4 Å². The molecule has 5 heteroatoms. The normalized spacial score (nSPS) is 18.0. The Kier molecular flexibility index (Phi) is 8.04. The molecule has 1 aromatic rings. The first-order valence-corrected chi connectivity index (χ1v) is 8.63. The van der Waals surface area contributed by atoms with Crippen LogP contribution in [0.4, 0.5) is 0 Å². The quantitative estimate of drug-likeness (QED) is 0.823. The summed E-state index contributed by atoms with van der Waals surface area (Å²) in [6, 6.07) is 8.37. The van der Waals surface area contributed by atoms with Gasteiger partial charge in [-0.25, -0.2) is 0 Å². The lowest BCUT2D eigenvalue weighted by molar-refractivity contribution is -0.132. The summed E-state index contributed by atoms with van der Waals surface area (Å²) in [5, 5.41) is 0. The van der Waals surface area contributed by atoms with Crippen LogP contribution in [0, 0.1) is 0 Å². The van der Waals surface area contributed by atoms with Gasteiger partial charge in [-0.2, -0.15) is 0 Å². The van der Waals surface area contributed by atoms with E-state index >= 15 is 0 Å². The van der Waals surface area contributed by atoms with Crippen molar-refractivity contribution >= 4 is 18.3 Å². The Morgan fingerprint density at radius 3 is 2.54 bits per heavy atom. The average molecular weight is 355 g/mol. The van der Waals surface area contributed by atoms with Gasteiger partial charge in [-0.3, -0.25) is 4.79 Å². The van der Waals surface area contributed by atoms with Crippen molar-refractivity contribution in [1.82, 2.24) is 4.90 Å². The Hall–Kier alpha value is -1.26. The van der Waals surface area contributed by atoms with Gasteiger partial charge in [0.15, 0.2) is 0 Å². The maximum absolute atomic E-state index is 12.1. The van der Waals surface area contributed by atoms with E-state index < -0.39 is 0 Å². The zero-order valence-corrected chi connectivity index (χ0v) is 15.9. The fraction of sp³-hybridized carbons (Fsp3) is 0.632. The molecule has 0 radical (unpaired) electrons. The molecule has 1 unspecified atom stereocenters. The highest BCUT2D eigenvalue weighted by atomic mass is 35.5. The number of benzene rings is 1. The number of nitrogens with two attached hydrogens (primary N) is 1. The van der Waals surface area contributed by atoms with Gasteiger partial charge in [-0.05, 0) is 42.4 Å². The van der Waals surface area contributed by atoms with E-state index in [-0.39, 0.29) is 29.8 Å². The summed E-state index contributed by atoms with van der Waals surface area (Å²) in [5.41, 5.74) is 7.36. The third-order valence-corrected chi connectivity index (χ3v) is 4.33. The summed E-state index contributed by atoms with van der Waals surface area (Å²) in [6.07, 6.45) is 3.32. The number of piperidine rings is 1. The lowest BCUT2D eigenvalue weighted by Gasteiger charge is -2.30. The summed E-state index contributed by atoms with van der Waals surface area (Å²) in [7, 11) is 0. The Labute approximate surface area is 152 Å². The summed E-state index contributed by atoms with van der Waals surface area (Å²) < 4.78 is 5.74. The number of hydrogen-bond acceptors (Lipinski definition) is 3. The van der Waals surface area contributed by atoms with Crippen molar-refractivity contribution in [2.45, 2.75) is 57.9 Å². The number of rotatable bonds is 5. The highest BCUT2D eigenvalue weighted by Crippen LogP contribution is 2.24. The molecule has 0 aliphatic carbocycles. The molecule has 1 fully saturated rings. The van der Waals surface area contributed by atoms with Crippen LogP contribution in [0.15, 0.2) is 24.3 Å². The van der Waals surface area contributed by atoms with Crippen molar-refractivity contribution in [3.63, 3.8) is 0 Å². The minimum absolute atomic E-state index is 0. The SMILES string of the molecule is CC(C)(C)c1ccc(OCCCC(=O)N2CCCC(N)C2)cc1.Cl. The molecule has 24 heavy (non-hydrogen) atoms. The van der Waals surface area contributed by atoms with Gasteiger partial charge in [-0.15, -0.1) is 12.4 Å². The van der Waals surface area contributed by atoms with E-state index in [4.69, 9.17) is 10.5 Å². The van der Waals surface area contributed by atoms with Crippen LogP contribution in [-0.4, -0.2) is 36.5 Å².